The Balaban J connectivity index is 1.83. The quantitative estimate of drug-likeness (QED) is 0.770. The van der Waals surface area contributed by atoms with E-state index in [0.29, 0.717) is 5.91 Å². The number of carbonyl (C=O) groups is 1. The number of benzene rings is 1. The fourth-order valence-electron chi connectivity index (χ4n) is 2.80. The van der Waals surface area contributed by atoms with E-state index in [0.717, 1.165) is 45.4 Å². The molecule has 3 nitrogen and oxygen atoms in total. The predicted octanol–water partition coefficient (Wildman–Crippen LogP) is 3.22. The minimum Gasteiger partial charge on any atom is -0.368 e. The van der Waals surface area contributed by atoms with Gasteiger partial charge in [0.15, 0.2) is 0 Å². The van der Waals surface area contributed by atoms with Crippen molar-refractivity contribution in [2.75, 3.05) is 31.1 Å². The lowest BCUT2D eigenvalue weighted by Crippen LogP contribution is -2.48. The number of para-hydroxylation sites is 1. The van der Waals surface area contributed by atoms with E-state index >= 15 is 0 Å². The van der Waals surface area contributed by atoms with Crippen LogP contribution in [0.5, 0.6) is 0 Å². The molecule has 1 heterocycles. The number of piperazine rings is 1. The summed E-state index contributed by atoms with van der Waals surface area (Å²) in [7, 11) is 0. The smallest absolute Gasteiger partial charge is 0.222 e. The second-order valence-electron chi connectivity index (χ2n) is 5.61. The second kappa shape index (κ2) is 7.32. The van der Waals surface area contributed by atoms with E-state index in [1.807, 2.05) is 4.90 Å². The molecule has 20 heavy (non-hydrogen) atoms. The highest BCUT2D eigenvalue weighted by molar-refractivity contribution is 5.76. The Morgan fingerprint density at radius 2 is 1.80 bits per heavy atom. The van der Waals surface area contributed by atoms with Crippen LogP contribution in [0.4, 0.5) is 5.69 Å². The number of hydrogen-bond acceptors (Lipinski definition) is 2. The van der Waals surface area contributed by atoms with Crippen molar-refractivity contribution in [2.24, 2.45) is 0 Å². The molecule has 0 aliphatic carbocycles. The molecule has 1 aliphatic heterocycles. The molecule has 0 unspecified atom stereocenters. The molecule has 1 aliphatic rings. The first-order valence-corrected chi connectivity index (χ1v) is 7.80. The zero-order chi connectivity index (χ0) is 14.4. The average molecular weight is 274 g/mol. The Labute approximate surface area is 122 Å². The van der Waals surface area contributed by atoms with Gasteiger partial charge in [-0.3, -0.25) is 4.79 Å². The van der Waals surface area contributed by atoms with Gasteiger partial charge in [0.1, 0.15) is 0 Å². The van der Waals surface area contributed by atoms with Crippen LogP contribution in [0.3, 0.4) is 0 Å². The highest BCUT2D eigenvalue weighted by atomic mass is 16.2. The number of aryl methyl sites for hydroxylation is 1. The van der Waals surface area contributed by atoms with Crippen LogP contribution in [0.1, 0.15) is 38.2 Å². The second-order valence-corrected chi connectivity index (χ2v) is 5.61. The van der Waals surface area contributed by atoms with Gasteiger partial charge in [-0.1, -0.05) is 38.0 Å². The minimum absolute atomic E-state index is 0.336. The summed E-state index contributed by atoms with van der Waals surface area (Å²) in [6.45, 7) is 7.94. The van der Waals surface area contributed by atoms with Gasteiger partial charge in [0, 0.05) is 38.3 Å². The van der Waals surface area contributed by atoms with Gasteiger partial charge in [-0.05, 0) is 25.0 Å². The monoisotopic (exact) mass is 274 g/mol. The minimum atomic E-state index is 0.336. The Kier molecular flexibility index (Phi) is 5.45. The van der Waals surface area contributed by atoms with Crippen molar-refractivity contribution in [3.63, 3.8) is 0 Å². The van der Waals surface area contributed by atoms with Crippen molar-refractivity contribution in [3.8, 4) is 0 Å². The van der Waals surface area contributed by atoms with Crippen molar-refractivity contribution >= 4 is 11.6 Å². The van der Waals surface area contributed by atoms with Crippen LogP contribution in [-0.4, -0.2) is 37.0 Å². The van der Waals surface area contributed by atoms with Crippen LogP contribution < -0.4 is 4.90 Å². The molecule has 0 spiro atoms. The Morgan fingerprint density at radius 3 is 2.45 bits per heavy atom. The lowest BCUT2D eigenvalue weighted by molar-refractivity contribution is -0.131. The van der Waals surface area contributed by atoms with E-state index in [1.165, 1.54) is 17.7 Å². The van der Waals surface area contributed by atoms with Gasteiger partial charge in [-0.25, -0.2) is 0 Å². The Hall–Kier alpha value is -1.51. The molecule has 0 saturated carbocycles. The van der Waals surface area contributed by atoms with Gasteiger partial charge in [0.2, 0.25) is 5.91 Å². The normalized spacial score (nSPS) is 15.5. The number of unbranched alkanes of at least 4 members (excludes halogenated alkanes) is 2. The van der Waals surface area contributed by atoms with Crippen LogP contribution in [-0.2, 0) is 4.79 Å². The Morgan fingerprint density at radius 1 is 1.10 bits per heavy atom. The fraction of sp³-hybridized carbons (Fsp3) is 0.588. The van der Waals surface area contributed by atoms with E-state index < -0.39 is 0 Å². The molecule has 1 fully saturated rings. The maximum atomic E-state index is 12.1. The molecule has 2 rings (SSSR count). The molecule has 1 aromatic carbocycles. The van der Waals surface area contributed by atoms with Crippen LogP contribution in [0, 0.1) is 6.92 Å². The van der Waals surface area contributed by atoms with Gasteiger partial charge < -0.3 is 9.80 Å². The molecule has 1 amide bonds. The SMILES string of the molecule is CCCCCC(=O)N1CCN(c2ccccc2C)CC1. The van der Waals surface area contributed by atoms with Crippen molar-refractivity contribution in [2.45, 2.75) is 39.5 Å². The third-order valence-corrected chi connectivity index (χ3v) is 4.08. The van der Waals surface area contributed by atoms with E-state index in [9.17, 15) is 4.79 Å². The molecule has 110 valence electrons. The molecular formula is C17H26N2O. The summed E-state index contributed by atoms with van der Waals surface area (Å²) < 4.78 is 0. The van der Waals surface area contributed by atoms with Crippen molar-refractivity contribution < 1.29 is 4.79 Å². The third kappa shape index (κ3) is 3.75. The first kappa shape index (κ1) is 14.9. The highest BCUT2D eigenvalue weighted by Crippen LogP contribution is 2.21. The van der Waals surface area contributed by atoms with Gasteiger partial charge in [-0.15, -0.1) is 0 Å². The zero-order valence-corrected chi connectivity index (χ0v) is 12.8. The third-order valence-electron chi connectivity index (χ3n) is 4.08. The van der Waals surface area contributed by atoms with Gasteiger partial charge >= 0.3 is 0 Å². The van der Waals surface area contributed by atoms with Crippen LogP contribution >= 0.6 is 0 Å². The van der Waals surface area contributed by atoms with Crippen molar-refractivity contribution in [1.29, 1.82) is 0 Å². The predicted molar refractivity (Wildman–Crippen MR) is 84.1 cm³/mol. The van der Waals surface area contributed by atoms with Gasteiger partial charge in [-0.2, -0.15) is 0 Å². The van der Waals surface area contributed by atoms with Crippen LogP contribution in [0.25, 0.3) is 0 Å². The molecule has 1 saturated heterocycles. The standard InChI is InChI=1S/C17H26N2O/c1-3-4-5-10-17(20)19-13-11-18(12-14-19)16-9-7-6-8-15(16)2/h6-9H,3-5,10-14H2,1-2H3. The number of hydrogen-bond donors (Lipinski definition) is 0. The van der Waals surface area contributed by atoms with Crippen molar-refractivity contribution in [3.05, 3.63) is 29.8 Å². The molecule has 1 aromatic rings. The summed E-state index contributed by atoms with van der Waals surface area (Å²) >= 11 is 0. The molecule has 0 N–H and O–H groups in total. The summed E-state index contributed by atoms with van der Waals surface area (Å²) in [5.41, 5.74) is 2.63. The van der Waals surface area contributed by atoms with E-state index in [1.54, 1.807) is 0 Å². The maximum Gasteiger partial charge on any atom is 0.222 e. The zero-order valence-electron chi connectivity index (χ0n) is 12.8. The molecule has 0 bridgehead atoms. The average Bonchev–Trinajstić information content (AvgIpc) is 2.48. The maximum absolute atomic E-state index is 12.1. The summed E-state index contributed by atoms with van der Waals surface area (Å²) in [4.78, 5) is 16.5. The number of rotatable bonds is 5. The largest absolute Gasteiger partial charge is 0.368 e. The lowest BCUT2D eigenvalue weighted by atomic mass is 10.1. The molecule has 0 atom stereocenters. The summed E-state index contributed by atoms with van der Waals surface area (Å²) in [6, 6.07) is 8.49. The molecule has 3 heteroatoms. The first-order valence-electron chi connectivity index (χ1n) is 7.80. The van der Waals surface area contributed by atoms with E-state index in [-0.39, 0.29) is 0 Å². The van der Waals surface area contributed by atoms with Gasteiger partial charge in [0.25, 0.3) is 0 Å². The van der Waals surface area contributed by atoms with E-state index in [2.05, 4.69) is 43.0 Å². The fourth-order valence-corrected chi connectivity index (χ4v) is 2.80. The van der Waals surface area contributed by atoms with Gasteiger partial charge in [0.05, 0.1) is 0 Å². The van der Waals surface area contributed by atoms with Crippen LogP contribution in [0.2, 0.25) is 0 Å². The number of amides is 1. The number of anilines is 1. The first-order chi connectivity index (χ1) is 9.72. The summed E-state index contributed by atoms with van der Waals surface area (Å²) in [5.74, 6) is 0.336. The number of nitrogens with zero attached hydrogens (tertiary/aromatic N) is 2. The van der Waals surface area contributed by atoms with E-state index in [4.69, 9.17) is 0 Å². The molecule has 0 radical (unpaired) electrons. The lowest BCUT2D eigenvalue weighted by Gasteiger charge is -2.37. The van der Waals surface area contributed by atoms with Crippen LogP contribution in [0.15, 0.2) is 24.3 Å². The topological polar surface area (TPSA) is 23.6 Å². The highest BCUT2D eigenvalue weighted by Gasteiger charge is 2.21. The van der Waals surface area contributed by atoms with Crippen molar-refractivity contribution in [1.82, 2.24) is 4.90 Å². The summed E-state index contributed by atoms with van der Waals surface area (Å²) in [6.07, 6.45) is 4.09. The summed E-state index contributed by atoms with van der Waals surface area (Å²) in [5, 5.41) is 0. The molecular weight excluding hydrogens is 248 g/mol. The number of carbonyl (C=O) groups excluding carboxylic acids is 1. The molecule has 0 aromatic heterocycles. The Bertz CT molecular complexity index is 436.